The molecule has 0 aliphatic heterocycles. The molecule has 0 spiro atoms. The molecule has 0 amide bonds. The van der Waals surface area contributed by atoms with Crippen molar-refractivity contribution in [3.05, 3.63) is 65.7 Å². The molecular weight excluding hydrogens is 220 g/mol. The minimum Gasteiger partial charge on any atom is -0.377 e. The summed E-state index contributed by atoms with van der Waals surface area (Å²) in [5.41, 5.74) is 3.41. The molecule has 2 rings (SSSR count). The largest absolute Gasteiger partial charge is 0.377 e. The van der Waals surface area contributed by atoms with Gasteiger partial charge in [-0.2, -0.15) is 5.26 Å². The lowest BCUT2D eigenvalue weighted by Gasteiger charge is -2.18. The van der Waals surface area contributed by atoms with Gasteiger partial charge in [-0.3, -0.25) is 0 Å². The van der Waals surface area contributed by atoms with Crippen LogP contribution in [0.15, 0.2) is 54.6 Å². The molecule has 18 heavy (non-hydrogen) atoms. The molecule has 90 valence electrons. The monoisotopic (exact) mass is 236 g/mol. The van der Waals surface area contributed by atoms with Gasteiger partial charge in [0.25, 0.3) is 0 Å². The Morgan fingerprint density at radius 3 is 2.56 bits per heavy atom. The van der Waals surface area contributed by atoms with E-state index in [1.54, 1.807) is 0 Å². The highest BCUT2D eigenvalue weighted by Gasteiger charge is 2.10. The molecule has 2 aromatic rings. The van der Waals surface area contributed by atoms with Crippen molar-refractivity contribution in [3.8, 4) is 6.07 Å². The van der Waals surface area contributed by atoms with Crippen molar-refractivity contribution >= 4 is 5.69 Å². The Hall–Kier alpha value is -2.27. The Kier molecular flexibility index (Phi) is 3.98. The predicted molar refractivity (Wildman–Crippen MR) is 74.2 cm³/mol. The van der Waals surface area contributed by atoms with Gasteiger partial charge in [0.05, 0.1) is 18.5 Å². The van der Waals surface area contributed by atoms with Crippen LogP contribution < -0.4 is 5.32 Å². The number of nitrogens with one attached hydrogen (secondary N) is 1. The van der Waals surface area contributed by atoms with Crippen molar-refractivity contribution in [2.75, 3.05) is 5.32 Å². The maximum Gasteiger partial charge on any atom is 0.0647 e. The topological polar surface area (TPSA) is 35.8 Å². The van der Waals surface area contributed by atoms with E-state index < -0.39 is 0 Å². The molecule has 2 nitrogen and oxygen atoms in total. The van der Waals surface area contributed by atoms with E-state index in [0.717, 1.165) is 11.3 Å². The zero-order valence-corrected chi connectivity index (χ0v) is 10.4. The maximum atomic E-state index is 8.94. The van der Waals surface area contributed by atoms with Crippen LogP contribution in [0.25, 0.3) is 0 Å². The van der Waals surface area contributed by atoms with Crippen LogP contribution in [0.1, 0.15) is 23.6 Å². The molecule has 2 aromatic carbocycles. The number of nitriles is 1. The van der Waals surface area contributed by atoms with E-state index in [4.69, 9.17) is 5.26 Å². The summed E-state index contributed by atoms with van der Waals surface area (Å²) in [4.78, 5) is 0. The molecule has 0 aliphatic rings. The van der Waals surface area contributed by atoms with Gasteiger partial charge in [0.1, 0.15) is 0 Å². The van der Waals surface area contributed by atoms with E-state index in [1.165, 1.54) is 5.56 Å². The van der Waals surface area contributed by atoms with E-state index in [9.17, 15) is 0 Å². The van der Waals surface area contributed by atoms with Crippen molar-refractivity contribution in [3.63, 3.8) is 0 Å². The summed E-state index contributed by atoms with van der Waals surface area (Å²) in [6.45, 7) is 2.06. The molecule has 0 saturated heterocycles. The lowest BCUT2D eigenvalue weighted by molar-refractivity contribution is 0.806. The molecule has 0 saturated carbocycles. The number of benzene rings is 2. The Labute approximate surface area is 108 Å². The number of rotatable bonds is 4. The molecule has 2 heteroatoms. The van der Waals surface area contributed by atoms with Crippen LogP contribution in [-0.2, 0) is 0 Å². The quantitative estimate of drug-likeness (QED) is 0.868. The van der Waals surface area contributed by atoms with E-state index >= 15 is 0 Å². The SMILES string of the molecule is Cc1cccc(NC(CC#N)c2ccccc2)c1. The highest BCUT2D eigenvalue weighted by atomic mass is 14.9. The van der Waals surface area contributed by atoms with Crippen molar-refractivity contribution in [1.29, 1.82) is 5.26 Å². The van der Waals surface area contributed by atoms with Gasteiger partial charge in [-0.25, -0.2) is 0 Å². The molecule has 1 N–H and O–H groups in total. The number of anilines is 1. The van der Waals surface area contributed by atoms with Crippen molar-refractivity contribution in [1.82, 2.24) is 0 Å². The highest BCUT2D eigenvalue weighted by molar-refractivity contribution is 5.47. The Morgan fingerprint density at radius 2 is 1.89 bits per heavy atom. The molecule has 0 aromatic heterocycles. The van der Waals surface area contributed by atoms with Gasteiger partial charge in [-0.05, 0) is 30.2 Å². The molecular formula is C16H16N2. The average molecular weight is 236 g/mol. The average Bonchev–Trinajstić information content (AvgIpc) is 2.39. The lowest BCUT2D eigenvalue weighted by Crippen LogP contribution is -2.10. The Morgan fingerprint density at radius 1 is 1.11 bits per heavy atom. The van der Waals surface area contributed by atoms with Crippen LogP contribution in [0, 0.1) is 18.3 Å². The normalized spacial score (nSPS) is 11.6. The van der Waals surface area contributed by atoms with Crippen LogP contribution in [0.4, 0.5) is 5.69 Å². The standard InChI is InChI=1S/C16H16N2/c1-13-6-5-9-15(12-13)18-16(10-11-17)14-7-3-2-4-8-14/h2-9,12,16,18H,10H2,1H3. The molecule has 0 radical (unpaired) electrons. The first-order valence-corrected chi connectivity index (χ1v) is 6.04. The summed E-state index contributed by atoms with van der Waals surface area (Å²) in [6.07, 6.45) is 0.456. The highest BCUT2D eigenvalue weighted by Crippen LogP contribution is 2.22. The van der Waals surface area contributed by atoms with E-state index in [-0.39, 0.29) is 6.04 Å². The fourth-order valence-corrected chi connectivity index (χ4v) is 1.96. The minimum absolute atomic E-state index is 0.0398. The second-order valence-corrected chi connectivity index (χ2v) is 4.34. The molecule has 0 heterocycles. The van der Waals surface area contributed by atoms with Crippen LogP contribution in [0.3, 0.4) is 0 Å². The second-order valence-electron chi connectivity index (χ2n) is 4.34. The summed E-state index contributed by atoms with van der Waals surface area (Å²) < 4.78 is 0. The van der Waals surface area contributed by atoms with Gasteiger partial charge in [-0.1, -0.05) is 42.5 Å². The third kappa shape index (κ3) is 3.11. The third-order valence-corrected chi connectivity index (χ3v) is 2.86. The first-order valence-electron chi connectivity index (χ1n) is 6.04. The zero-order chi connectivity index (χ0) is 12.8. The van der Waals surface area contributed by atoms with Crippen molar-refractivity contribution < 1.29 is 0 Å². The summed E-state index contributed by atoms with van der Waals surface area (Å²) >= 11 is 0. The molecule has 0 fully saturated rings. The van der Waals surface area contributed by atoms with Gasteiger partial charge in [0, 0.05) is 5.69 Å². The van der Waals surface area contributed by atoms with Gasteiger partial charge >= 0.3 is 0 Å². The number of hydrogen-bond acceptors (Lipinski definition) is 2. The van der Waals surface area contributed by atoms with E-state index in [1.807, 2.05) is 42.5 Å². The van der Waals surface area contributed by atoms with Gasteiger partial charge in [-0.15, -0.1) is 0 Å². The van der Waals surface area contributed by atoms with Crippen molar-refractivity contribution in [2.45, 2.75) is 19.4 Å². The summed E-state index contributed by atoms with van der Waals surface area (Å²) in [6, 6.07) is 20.6. The smallest absolute Gasteiger partial charge is 0.0647 e. The minimum atomic E-state index is 0.0398. The van der Waals surface area contributed by atoms with E-state index in [2.05, 4.69) is 30.4 Å². The Balaban J connectivity index is 2.20. The van der Waals surface area contributed by atoms with Crippen LogP contribution in [0.2, 0.25) is 0 Å². The number of hydrogen-bond donors (Lipinski definition) is 1. The Bertz CT molecular complexity index is 541. The fraction of sp³-hybridized carbons (Fsp3) is 0.188. The van der Waals surface area contributed by atoms with Gasteiger partial charge < -0.3 is 5.32 Å². The molecule has 0 aliphatic carbocycles. The predicted octanol–water partition coefficient (Wildman–Crippen LogP) is 4.06. The maximum absolute atomic E-state index is 8.94. The van der Waals surface area contributed by atoms with Crippen LogP contribution in [-0.4, -0.2) is 0 Å². The fourth-order valence-electron chi connectivity index (χ4n) is 1.96. The first kappa shape index (κ1) is 12.2. The first-order chi connectivity index (χ1) is 8.79. The molecule has 1 atom stereocenters. The summed E-state index contributed by atoms with van der Waals surface area (Å²) in [5.74, 6) is 0. The van der Waals surface area contributed by atoms with Gasteiger partial charge in [0.2, 0.25) is 0 Å². The van der Waals surface area contributed by atoms with Gasteiger partial charge in [0.15, 0.2) is 0 Å². The number of aryl methyl sites for hydroxylation is 1. The molecule has 1 unspecified atom stereocenters. The van der Waals surface area contributed by atoms with Crippen LogP contribution >= 0.6 is 0 Å². The summed E-state index contributed by atoms with van der Waals surface area (Å²) in [7, 11) is 0. The summed E-state index contributed by atoms with van der Waals surface area (Å²) in [5, 5.41) is 12.4. The second kappa shape index (κ2) is 5.88. The third-order valence-electron chi connectivity index (χ3n) is 2.86. The lowest BCUT2D eigenvalue weighted by atomic mass is 10.0. The zero-order valence-electron chi connectivity index (χ0n) is 10.4. The molecule has 0 bridgehead atoms. The number of nitrogens with zero attached hydrogens (tertiary/aromatic N) is 1. The van der Waals surface area contributed by atoms with Crippen LogP contribution in [0.5, 0.6) is 0 Å². The van der Waals surface area contributed by atoms with E-state index in [0.29, 0.717) is 6.42 Å². The van der Waals surface area contributed by atoms with Crippen molar-refractivity contribution in [2.24, 2.45) is 0 Å².